The summed E-state index contributed by atoms with van der Waals surface area (Å²) in [6, 6.07) is 9.04. The third kappa shape index (κ3) is 5.52. The van der Waals surface area contributed by atoms with Crippen LogP contribution in [0.15, 0.2) is 45.2 Å². The van der Waals surface area contributed by atoms with Gasteiger partial charge in [0.1, 0.15) is 5.82 Å². The average molecular weight is 468 g/mol. The van der Waals surface area contributed by atoms with Crippen LogP contribution in [0.1, 0.15) is 12.8 Å². The first-order valence-electron chi connectivity index (χ1n) is 10.8. The summed E-state index contributed by atoms with van der Waals surface area (Å²) in [7, 11) is 2.10. The highest BCUT2D eigenvalue weighted by Gasteiger charge is 2.29. The summed E-state index contributed by atoms with van der Waals surface area (Å²) in [4.78, 5) is 42.5. The molecule has 4 N–H and O–H groups in total. The minimum Gasteiger partial charge on any atom is -0.338 e. The number of hydrogen-bond acceptors (Lipinski definition) is 9. The third-order valence-electron chi connectivity index (χ3n) is 5.51. The van der Waals surface area contributed by atoms with Crippen LogP contribution in [0.2, 0.25) is 0 Å². The predicted octanol–water partition coefficient (Wildman–Crippen LogP) is 1.88. The molecule has 1 aliphatic carbocycles. The Kier molecular flexibility index (Phi) is 6.01. The lowest BCUT2D eigenvalue weighted by atomic mass is 10.3. The summed E-state index contributed by atoms with van der Waals surface area (Å²) >= 11 is 1.41. The Balaban J connectivity index is 1.35. The van der Waals surface area contributed by atoms with Gasteiger partial charge >= 0.3 is 0 Å². The van der Waals surface area contributed by atoms with E-state index in [0.717, 1.165) is 49.6 Å². The number of amides is 1. The van der Waals surface area contributed by atoms with Gasteiger partial charge in [-0.25, -0.2) is 0 Å². The number of carbonyl (C=O) groups excluding carboxylic acids is 1. The fourth-order valence-corrected chi connectivity index (χ4v) is 4.16. The molecular weight excluding hydrogens is 442 g/mol. The van der Waals surface area contributed by atoms with Crippen LogP contribution in [0.3, 0.4) is 0 Å². The van der Waals surface area contributed by atoms with Crippen molar-refractivity contribution in [3.8, 4) is 0 Å². The highest BCUT2D eigenvalue weighted by molar-refractivity contribution is 7.99. The number of nitrogens with one attached hydrogen (secondary N) is 4. The molecule has 12 heteroatoms. The van der Waals surface area contributed by atoms with Gasteiger partial charge in [-0.15, -0.1) is 0 Å². The summed E-state index contributed by atoms with van der Waals surface area (Å²) in [6.45, 7) is 3.49. The Morgan fingerprint density at radius 2 is 1.82 bits per heavy atom. The van der Waals surface area contributed by atoms with Crippen LogP contribution >= 0.6 is 11.8 Å². The minimum atomic E-state index is -0.241. The number of piperazine rings is 1. The number of anilines is 4. The van der Waals surface area contributed by atoms with Crippen molar-refractivity contribution in [1.29, 1.82) is 0 Å². The maximum atomic E-state index is 12.0. The molecule has 2 aromatic heterocycles. The van der Waals surface area contributed by atoms with Crippen LogP contribution in [0.4, 0.5) is 23.4 Å². The van der Waals surface area contributed by atoms with Crippen molar-refractivity contribution in [1.82, 2.24) is 30.0 Å². The van der Waals surface area contributed by atoms with Gasteiger partial charge in [-0.3, -0.25) is 19.8 Å². The van der Waals surface area contributed by atoms with Crippen molar-refractivity contribution in [3.63, 3.8) is 0 Å². The predicted molar refractivity (Wildman–Crippen MR) is 126 cm³/mol. The van der Waals surface area contributed by atoms with Crippen LogP contribution in [-0.2, 0) is 4.79 Å². The van der Waals surface area contributed by atoms with Gasteiger partial charge in [0.25, 0.3) is 5.56 Å². The normalized spacial score (nSPS) is 16.6. The van der Waals surface area contributed by atoms with Crippen molar-refractivity contribution in [2.24, 2.45) is 5.92 Å². The molecule has 172 valence electrons. The van der Waals surface area contributed by atoms with E-state index in [1.165, 1.54) is 17.8 Å². The first-order valence-corrected chi connectivity index (χ1v) is 11.7. The molecule has 2 fully saturated rings. The number of rotatable bonds is 7. The molecule has 1 amide bonds. The molecule has 3 aromatic rings. The van der Waals surface area contributed by atoms with E-state index in [9.17, 15) is 9.59 Å². The Labute approximate surface area is 194 Å². The van der Waals surface area contributed by atoms with Crippen LogP contribution in [0.25, 0.3) is 0 Å². The maximum Gasteiger partial charge on any atom is 0.266 e. The maximum absolute atomic E-state index is 12.0. The first-order chi connectivity index (χ1) is 16.0. The van der Waals surface area contributed by atoms with Gasteiger partial charge in [0, 0.05) is 48.7 Å². The first kappa shape index (κ1) is 21.5. The quantitative estimate of drug-likeness (QED) is 0.411. The summed E-state index contributed by atoms with van der Waals surface area (Å²) in [6.07, 6.45) is 1.95. The van der Waals surface area contributed by atoms with Crippen LogP contribution in [0, 0.1) is 5.92 Å². The monoisotopic (exact) mass is 467 g/mol. The highest BCUT2D eigenvalue weighted by Crippen LogP contribution is 2.31. The van der Waals surface area contributed by atoms with Crippen molar-refractivity contribution in [2.45, 2.75) is 22.9 Å². The molecule has 33 heavy (non-hydrogen) atoms. The molecule has 0 unspecified atom stereocenters. The molecule has 1 aromatic carbocycles. The van der Waals surface area contributed by atoms with Gasteiger partial charge in [-0.1, -0.05) is 0 Å². The van der Waals surface area contributed by atoms with E-state index in [1.807, 2.05) is 24.3 Å². The van der Waals surface area contributed by atoms with E-state index in [-0.39, 0.29) is 17.4 Å². The van der Waals surface area contributed by atoms with E-state index in [0.29, 0.717) is 22.9 Å². The molecule has 0 bridgehead atoms. The third-order valence-corrected chi connectivity index (χ3v) is 6.38. The van der Waals surface area contributed by atoms with Crippen LogP contribution < -0.4 is 21.1 Å². The van der Waals surface area contributed by atoms with Crippen LogP contribution in [0.5, 0.6) is 0 Å². The second-order valence-electron chi connectivity index (χ2n) is 8.22. The smallest absolute Gasteiger partial charge is 0.266 e. The molecule has 0 spiro atoms. The van der Waals surface area contributed by atoms with Crippen molar-refractivity contribution >= 4 is 41.1 Å². The zero-order chi connectivity index (χ0) is 22.8. The average Bonchev–Trinajstić information content (AvgIpc) is 3.58. The van der Waals surface area contributed by atoms with Gasteiger partial charge in [-0.05, 0) is 55.9 Å². The van der Waals surface area contributed by atoms with Crippen molar-refractivity contribution < 1.29 is 4.79 Å². The molecule has 2 aliphatic rings. The van der Waals surface area contributed by atoms with Gasteiger partial charge in [0.05, 0.1) is 0 Å². The number of aromatic amines is 2. The van der Waals surface area contributed by atoms with Crippen LogP contribution in [-0.4, -0.2) is 69.2 Å². The van der Waals surface area contributed by atoms with E-state index >= 15 is 0 Å². The lowest BCUT2D eigenvalue weighted by Gasteiger charge is -2.32. The van der Waals surface area contributed by atoms with Gasteiger partial charge in [0.15, 0.2) is 5.16 Å². The summed E-state index contributed by atoms with van der Waals surface area (Å²) < 4.78 is 0. The highest BCUT2D eigenvalue weighted by atomic mass is 32.2. The zero-order valence-corrected chi connectivity index (χ0v) is 19.0. The number of benzene rings is 1. The number of carbonyl (C=O) groups is 1. The van der Waals surface area contributed by atoms with Crippen molar-refractivity contribution in [3.05, 3.63) is 40.7 Å². The number of nitrogens with zero attached hydrogens (tertiary/aromatic N) is 5. The number of H-pyrrole nitrogens is 2. The standard InChI is InChI=1S/C21H25N9O2S/c1-29-8-10-30(11-9-29)20-24-19(23-16-12-17(31)28-27-16)25-21(26-20)33-15-6-4-14(5-7-15)22-18(32)13-2-3-13/h4-7,12-13H,2-3,8-11H2,1H3,(H,22,32)(H3,23,24,25,26,27,28,31). The molecule has 3 heterocycles. The fourth-order valence-electron chi connectivity index (χ4n) is 3.42. The molecule has 1 saturated carbocycles. The molecule has 1 saturated heterocycles. The summed E-state index contributed by atoms with van der Waals surface area (Å²) in [5.74, 6) is 1.67. The second-order valence-corrected chi connectivity index (χ2v) is 9.26. The molecule has 1 aliphatic heterocycles. The lowest BCUT2D eigenvalue weighted by molar-refractivity contribution is -0.117. The Hall–Kier alpha value is -3.38. The Bertz CT molecular complexity index is 1180. The largest absolute Gasteiger partial charge is 0.338 e. The lowest BCUT2D eigenvalue weighted by Crippen LogP contribution is -2.45. The van der Waals surface area contributed by atoms with Gasteiger partial charge in [0.2, 0.25) is 17.8 Å². The fraction of sp³-hybridized carbons (Fsp3) is 0.381. The number of likely N-dealkylation sites (N-methyl/N-ethyl adjacent to an activating group) is 1. The molecule has 0 atom stereocenters. The number of aromatic nitrogens is 5. The molecule has 11 nitrogen and oxygen atoms in total. The Morgan fingerprint density at radius 3 is 2.48 bits per heavy atom. The van der Waals surface area contributed by atoms with Crippen molar-refractivity contribution in [2.75, 3.05) is 48.8 Å². The Morgan fingerprint density at radius 1 is 1.06 bits per heavy atom. The van der Waals surface area contributed by atoms with Gasteiger partial charge < -0.3 is 20.4 Å². The molecule has 0 radical (unpaired) electrons. The zero-order valence-electron chi connectivity index (χ0n) is 18.2. The van der Waals surface area contributed by atoms with E-state index in [4.69, 9.17) is 0 Å². The van der Waals surface area contributed by atoms with E-state index in [1.54, 1.807) is 0 Å². The molecular formula is C21H25N9O2S. The summed E-state index contributed by atoms with van der Waals surface area (Å²) in [5.41, 5.74) is 0.540. The SMILES string of the molecule is CN1CCN(c2nc(Nc3cc(=O)[nH][nH]3)nc(Sc3ccc(NC(=O)C4CC4)cc3)n2)CC1. The second kappa shape index (κ2) is 9.24. The summed E-state index contributed by atoms with van der Waals surface area (Å²) in [5, 5.41) is 11.8. The van der Waals surface area contributed by atoms with Gasteiger partial charge in [-0.2, -0.15) is 15.0 Å². The number of hydrogen-bond donors (Lipinski definition) is 4. The van der Waals surface area contributed by atoms with E-state index in [2.05, 4.69) is 52.6 Å². The van der Waals surface area contributed by atoms with E-state index < -0.39 is 0 Å². The topological polar surface area (TPSA) is 135 Å². The minimum absolute atomic E-state index is 0.0863. The molecule has 5 rings (SSSR count).